The van der Waals surface area contributed by atoms with E-state index in [0.717, 1.165) is 32.0 Å². The maximum absolute atomic E-state index is 9.55. The molecule has 4 heteroatoms. The lowest BCUT2D eigenvalue weighted by molar-refractivity contribution is 0.322. The average molecular weight is 483 g/mol. The molecule has 0 heterocycles. The maximum Gasteiger partial charge on any atom is 0.0525 e. The van der Waals surface area contributed by atoms with Crippen molar-refractivity contribution in [1.82, 2.24) is 0 Å². The third-order valence-electron chi connectivity index (χ3n) is 5.90. The van der Waals surface area contributed by atoms with Gasteiger partial charge in [0.15, 0.2) is 0 Å². The standard InChI is InChI=1S/C30H26O2S2/c31-13-15-33-29-20-28(26-12-10-22-6-2-4-8-24(22)18-26)30(34-16-14-32)19-27(29)25-11-9-21-5-1-3-7-23(21)17-25/h1-12,17-20,31-32H,13-16H2. The molecule has 0 fully saturated rings. The van der Waals surface area contributed by atoms with E-state index in [4.69, 9.17) is 0 Å². The Morgan fingerprint density at radius 1 is 0.471 bits per heavy atom. The fraction of sp³-hybridized carbons (Fsp3) is 0.133. The van der Waals surface area contributed by atoms with Crippen LogP contribution in [0.15, 0.2) is 107 Å². The molecule has 170 valence electrons. The lowest BCUT2D eigenvalue weighted by Gasteiger charge is -2.17. The van der Waals surface area contributed by atoms with Gasteiger partial charge in [0.2, 0.25) is 0 Å². The van der Waals surface area contributed by atoms with Crippen molar-refractivity contribution < 1.29 is 10.2 Å². The van der Waals surface area contributed by atoms with Crippen LogP contribution in [0, 0.1) is 0 Å². The van der Waals surface area contributed by atoms with E-state index < -0.39 is 0 Å². The van der Waals surface area contributed by atoms with E-state index in [9.17, 15) is 10.2 Å². The second-order valence-corrected chi connectivity index (χ2v) is 10.4. The predicted octanol–water partition coefficient (Wildman–Crippen LogP) is 7.50. The van der Waals surface area contributed by atoms with Gasteiger partial charge in [-0.15, -0.1) is 23.5 Å². The van der Waals surface area contributed by atoms with Gasteiger partial charge in [0, 0.05) is 21.3 Å². The number of thioether (sulfide) groups is 2. The van der Waals surface area contributed by atoms with Crippen LogP contribution in [-0.4, -0.2) is 34.9 Å². The normalized spacial score (nSPS) is 11.4. The van der Waals surface area contributed by atoms with Gasteiger partial charge in [0.1, 0.15) is 0 Å². The molecule has 0 spiro atoms. The Labute approximate surface area is 208 Å². The minimum Gasteiger partial charge on any atom is -0.396 e. The van der Waals surface area contributed by atoms with Gasteiger partial charge < -0.3 is 10.2 Å². The summed E-state index contributed by atoms with van der Waals surface area (Å²) in [5.41, 5.74) is 4.65. The van der Waals surface area contributed by atoms with Crippen molar-refractivity contribution in [3.63, 3.8) is 0 Å². The SMILES string of the molecule is OCCSc1cc(-c2ccc3ccccc3c2)c(SCCO)cc1-c1ccc2ccccc2c1. The largest absolute Gasteiger partial charge is 0.396 e. The van der Waals surface area contributed by atoms with Crippen LogP contribution in [0.1, 0.15) is 0 Å². The molecular weight excluding hydrogens is 456 g/mol. The van der Waals surface area contributed by atoms with Gasteiger partial charge in [-0.25, -0.2) is 0 Å². The summed E-state index contributed by atoms with van der Waals surface area (Å²) in [4.78, 5) is 2.31. The zero-order valence-electron chi connectivity index (χ0n) is 18.8. The number of aliphatic hydroxyl groups excluding tert-OH is 2. The molecule has 0 atom stereocenters. The van der Waals surface area contributed by atoms with Gasteiger partial charge in [-0.05, 0) is 68.1 Å². The summed E-state index contributed by atoms with van der Waals surface area (Å²) in [5.74, 6) is 1.28. The van der Waals surface area contributed by atoms with Crippen LogP contribution in [0.2, 0.25) is 0 Å². The molecule has 0 aliphatic rings. The Morgan fingerprint density at radius 2 is 0.882 bits per heavy atom. The molecule has 5 rings (SSSR count). The third kappa shape index (κ3) is 4.86. The molecule has 5 aromatic carbocycles. The summed E-state index contributed by atoms with van der Waals surface area (Å²) in [7, 11) is 0. The molecule has 5 aromatic rings. The topological polar surface area (TPSA) is 40.5 Å². The maximum atomic E-state index is 9.55. The lowest BCUT2D eigenvalue weighted by atomic mass is 9.97. The van der Waals surface area contributed by atoms with Crippen LogP contribution >= 0.6 is 23.5 Å². The highest BCUT2D eigenvalue weighted by Gasteiger charge is 2.15. The Hall–Kier alpha value is -2.76. The first-order chi connectivity index (χ1) is 16.8. The first-order valence-electron chi connectivity index (χ1n) is 11.4. The molecule has 2 N–H and O–H groups in total. The molecule has 0 aliphatic heterocycles. The van der Waals surface area contributed by atoms with E-state index in [1.165, 1.54) is 21.5 Å². The quantitative estimate of drug-likeness (QED) is 0.225. The molecule has 0 aromatic heterocycles. The van der Waals surface area contributed by atoms with Crippen LogP contribution < -0.4 is 0 Å². The second-order valence-electron chi connectivity index (χ2n) is 8.11. The van der Waals surface area contributed by atoms with Gasteiger partial charge in [-0.2, -0.15) is 0 Å². The predicted molar refractivity (Wildman–Crippen MR) is 148 cm³/mol. The minimum absolute atomic E-state index is 0.133. The molecule has 0 bridgehead atoms. The molecule has 0 saturated heterocycles. The van der Waals surface area contributed by atoms with Crippen LogP contribution in [0.4, 0.5) is 0 Å². The smallest absolute Gasteiger partial charge is 0.0525 e. The number of hydrogen-bond donors (Lipinski definition) is 2. The Bertz CT molecular complexity index is 1330. The number of fused-ring (bicyclic) bond motifs is 2. The van der Waals surface area contributed by atoms with E-state index in [1.807, 2.05) is 0 Å². The van der Waals surface area contributed by atoms with Crippen LogP contribution in [-0.2, 0) is 0 Å². The summed E-state index contributed by atoms with van der Waals surface area (Å²) >= 11 is 3.37. The Morgan fingerprint density at radius 3 is 1.29 bits per heavy atom. The number of hydrogen-bond acceptors (Lipinski definition) is 4. The molecule has 34 heavy (non-hydrogen) atoms. The molecule has 2 nitrogen and oxygen atoms in total. The van der Waals surface area contributed by atoms with Crippen molar-refractivity contribution in [3.8, 4) is 22.3 Å². The van der Waals surface area contributed by atoms with Crippen molar-refractivity contribution in [2.75, 3.05) is 24.7 Å². The summed E-state index contributed by atoms with van der Waals surface area (Å²) in [6.07, 6.45) is 0. The van der Waals surface area contributed by atoms with E-state index >= 15 is 0 Å². The van der Waals surface area contributed by atoms with Crippen molar-refractivity contribution in [1.29, 1.82) is 0 Å². The van der Waals surface area contributed by atoms with Crippen molar-refractivity contribution in [3.05, 3.63) is 97.1 Å². The fourth-order valence-corrected chi connectivity index (χ4v) is 5.96. The molecule has 0 saturated carbocycles. The van der Waals surface area contributed by atoms with E-state index in [2.05, 4.69) is 97.1 Å². The van der Waals surface area contributed by atoms with E-state index in [0.29, 0.717) is 11.5 Å². The highest BCUT2D eigenvalue weighted by molar-refractivity contribution is 8.00. The molecule has 0 unspecified atom stereocenters. The fourth-order valence-electron chi connectivity index (χ4n) is 4.27. The van der Waals surface area contributed by atoms with Crippen LogP contribution in [0.3, 0.4) is 0 Å². The third-order valence-corrected chi connectivity index (χ3v) is 7.97. The van der Waals surface area contributed by atoms with Gasteiger partial charge in [-0.3, -0.25) is 0 Å². The number of aliphatic hydroxyl groups is 2. The van der Waals surface area contributed by atoms with Crippen LogP contribution in [0.5, 0.6) is 0 Å². The van der Waals surface area contributed by atoms with Gasteiger partial charge in [0.25, 0.3) is 0 Å². The van der Waals surface area contributed by atoms with Crippen molar-refractivity contribution in [2.45, 2.75) is 9.79 Å². The first-order valence-corrected chi connectivity index (χ1v) is 13.4. The zero-order chi connectivity index (χ0) is 23.3. The number of rotatable bonds is 8. The molecular formula is C30H26O2S2. The monoisotopic (exact) mass is 482 g/mol. The summed E-state index contributed by atoms with van der Waals surface area (Å²) in [5, 5.41) is 24.0. The Kier molecular flexibility index (Phi) is 7.21. The second kappa shape index (κ2) is 10.7. The van der Waals surface area contributed by atoms with Gasteiger partial charge in [0.05, 0.1) is 13.2 Å². The summed E-state index contributed by atoms with van der Waals surface area (Å²) in [6, 6.07) is 34.5. The van der Waals surface area contributed by atoms with E-state index in [-0.39, 0.29) is 13.2 Å². The van der Waals surface area contributed by atoms with Crippen molar-refractivity contribution >= 4 is 45.1 Å². The van der Waals surface area contributed by atoms with Crippen molar-refractivity contribution in [2.24, 2.45) is 0 Å². The van der Waals surface area contributed by atoms with Crippen LogP contribution in [0.25, 0.3) is 43.8 Å². The van der Waals surface area contributed by atoms with Gasteiger partial charge in [-0.1, -0.05) is 72.8 Å². The molecule has 0 radical (unpaired) electrons. The Balaban J connectivity index is 1.69. The highest BCUT2D eigenvalue weighted by atomic mass is 32.2. The lowest BCUT2D eigenvalue weighted by Crippen LogP contribution is -1.94. The summed E-state index contributed by atoms with van der Waals surface area (Å²) in [6.45, 7) is 0.266. The highest BCUT2D eigenvalue weighted by Crippen LogP contribution is 2.42. The minimum atomic E-state index is 0.133. The van der Waals surface area contributed by atoms with Gasteiger partial charge >= 0.3 is 0 Å². The molecule has 0 amide bonds. The average Bonchev–Trinajstić information content (AvgIpc) is 2.90. The number of benzene rings is 5. The zero-order valence-corrected chi connectivity index (χ0v) is 20.4. The summed E-state index contributed by atoms with van der Waals surface area (Å²) < 4.78 is 0. The van der Waals surface area contributed by atoms with E-state index in [1.54, 1.807) is 23.5 Å². The molecule has 0 aliphatic carbocycles. The first kappa shape index (κ1) is 23.0.